The van der Waals surface area contributed by atoms with Crippen molar-refractivity contribution in [2.24, 2.45) is 22.7 Å². The van der Waals surface area contributed by atoms with Crippen LogP contribution in [-0.4, -0.2) is 5.66 Å². The largest absolute Gasteiger partial charge is 0.134 e. The first-order chi connectivity index (χ1) is 7.86. The van der Waals surface area contributed by atoms with Crippen molar-refractivity contribution in [1.29, 1.82) is 0 Å². The van der Waals surface area contributed by atoms with Gasteiger partial charge in [-0.1, -0.05) is 34.1 Å². The van der Waals surface area contributed by atoms with Gasteiger partial charge in [0.2, 0.25) is 0 Å². The molecular weight excluding hydrogens is 223 g/mol. The predicted molar refractivity (Wildman–Crippen MR) is 80.4 cm³/mol. The SMILES string of the molecule is CCC1CC(C2(C)CCC(C)(C)CC2)CC1P. The molecule has 4 unspecified atom stereocenters. The Balaban J connectivity index is 1.99. The highest BCUT2D eigenvalue weighted by molar-refractivity contribution is 7.17. The molecule has 2 aliphatic rings. The Morgan fingerprint density at radius 1 is 1.00 bits per heavy atom. The van der Waals surface area contributed by atoms with Crippen LogP contribution in [0.2, 0.25) is 0 Å². The van der Waals surface area contributed by atoms with Gasteiger partial charge >= 0.3 is 0 Å². The van der Waals surface area contributed by atoms with E-state index in [4.69, 9.17) is 0 Å². The molecule has 0 saturated heterocycles. The fourth-order valence-electron chi connectivity index (χ4n) is 4.10. The summed E-state index contributed by atoms with van der Waals surface area (Å²) < 4.78 is 0. The predicted octanol–water partition coefficient (Wildman–Crippen LogP) is 5.27. The summed E-state index contributed by atoms with van der Waals surface area (Å²) >= 11 is 0. The first kappa shape index (κ1) is 13.9. The minimum Gasteiger partial charge on any atom is -0.134 e. The van der Waals surface area contributed by atoms with Crippen LogP contribution in [0.4, 0.5) is 0 Å². The van der Waals surface area contributed by atoms with E-state index in [1.165, 1.54) is 44.9 Å². The van der Waals surface area contributed by atoms with Gasteiger partial charge in [0.15, 0.2) is 0 Å². The molecule has 2 rings (SSSR count). The fourth-order valence-corrected chi connectivity index (χ4v) is 4.86. The number of rotatable bonds is 2. The molecule has 2 saturated carbocycles. The van der Waals surface area contributed by atoms with Gasteiger partial charge in [0.25, 0.3) is 0 Å². The normalized spacial score (nSPS) is 40.4. The summed E-state index contributed by atoms with van der Waals surface area (Å²) in [6.07, 6.45) is 10.2. The van der Waals surface area contributed by atoms with E-state index in [-0.39, 0.29) is 0 Å². The van der Waals surface area contributed by atoms with E-state index in [1.54, 1.807) is 0 Å². The third kappa shape index (κ3) is 2.89. The maximum absolute atomic E-state index is 3.13. The molecule has 100 valence electrons. The fraction of sp³-hybridized carbons (Fsp3) is 1.00. The van der Waals surface area contributed by atoms with Gasteiger partial charge in [0, 0.05) is 0 Å². The molecule has 0 radical (unpaired) electrons. The molecule has 0 nitrogen and oxygen atoms in total. The van der Waals surface area contributed by atoms with Crippen LogP contribution in [0, 0.1) is 22.7 Å². The molecule has 0 amide bonds. The van der Waals surface area contributed by atoms with E-state index < -0.39 is 0 Å². The highest BCUT2D eigenvalue weighted by Crippen LogP contribution is 2.55. The Bertz CT molecular complexity index is 259. The minimum absolute atomic E-state index is 0.614. The zero-order chi connectivity index (χ0) is 12.7. The van der Waals surface area contributed by atoms with Gasteiger partial charge < -0.3 is 0 Å². The Hall–Kier alpha value is 0.430. The average Bonchev–Trinajstić information content (AvgIpc) is 2.65. The average molecular weight is 254 g/mol. The van der Waals surface area contributed by atoms with Gasteiger partial charge in [-0.25, -0.2) is 0 Å². The molecular formula is C16H31P. The summed E-state index contributed by atoms with van der Waals surface area (Å²) in [5.41, 5.74) is 2.17. The van der Waals surface area contributed by atoms with E-state index in [1.807, 2.05) is 0 Å². The summed E-state index contributed by atoms with van der Waals surface area (Å²) in [5.74, 6) is 1.99. The molecule has 0 aromatic carbocycles. The van der Waals surface area contributed by atoms with Gasteiger partial charge in [-0.05, 0) is 66.8 Å². The van der Waals surface area contributed by atoms with Crippen molar-refractivity contribution in [1.82, 2.24) is 0 Å². The second-order valence-electron chi connectivity index (χ2n) is 7.82. The van der Waals surface area contributed by atoms with Crippen molar-refractivity contribution in [3.8, 4) is 0 Å². The highest BCUT2D eigenvalue weighted by Gasteiger charge is 2.44. The van der Waals surface area contributed by atoms with Crippen LogP contribution in [0.5, 0.6) is 0 Å². The van der Waals surface area contributed by atoms with Crippen molar-refractivity contribution in [3.63, 3.8) is 0 Å². The first-order valence-electron chi connectivity index (χ1n) is 7.62. The standard InChI is InChI=1S/C16H31P/c1-5-12-10-13(11-14(12)17)16(4)8-6-15(2,3)7-9-16/h12-14H,5-11,17H2,1-4H3. The Kier molecular flexibility index (Phi) is 3.94. The molecule has 0 aromatic heterocycles. The lowest BCUT2D eigenvalue weighted by Crippen LogP contribution is -2.34. The zero-order valence-corrected chi connectivity index (χ0v) is 13.4. The van der Waals surface area contributed by atoms with E-state index in [0.29, 0.717) is 10.8 Å². The Morgan fingerprint density at radius 2 is 1.59 bits per heavy atom. The van der Waals surface area contributed by atoms with E-state index in [2.05, 4.69) is 36.9 Å². The van der Waals surface area contributed by atoms with Crippen LogP contribution >= 0.6 is 9.24 Å². The molecule has 0 bridgehead atoms. The molecule has 4 atom stereocenters. The Morgan fingerprint density at radius 3 is 2.06 bits per heavy atom. The molecule has 2 fully saturated rings. The molecule has 0 aliphatic heterocycles. The molecule has 0 aromatic rings. The molecule has 0 heterocycles. The topological polar surface area (TPSA) is 0 Å². The lowest BCUT2D eigenvalue weighted by Gasteiger charge is -2.45. The smallest absolute Gasteiger partial charge is 0.0233 e. The number of hydrogen-bond acceptors (Lipinski definition) is 0. The molecule has 0 spiro atoms. The summed E-state index contributed by atoms with van der Waals surface area (Å²) in [5, 5.41) is 0. The number of hydrogen-bond donors (Lipinski definition) is 0. The van der Waals surface area contributed by atoms with Crippen molar-refractivity contribution >= 4 is 9.24 Å². The van der Waals surface area contributed by atoms with Crippen LogP contribution in [0.3, 0.4) is 0 Å². The van der Waals surface area contributed by atoms with Crippen molar-refractivity contribution in [3.05, 3.63) is 0 Å². The summed E-state index contributed by atoms with van der Waals surface area (Å²) in [6.45, 7) is 9.86. The monoisotopic (exact) mass is 254 g/mol. The van der Waals surface area contributed by atoms with Crippen LogP contribution in [0.1, 0.15) is 72.6 Å². The van der Waals surface area contributed by atoms with Crippen molar-refractivity contribution in [2.45, 2.75) is 78.3 Å². The van der Waals surface area contributed by atoms with Gasteiger partial charge in [-0.15, -0.1) is 9.24 Å². The third-order valence-corrected chi connectivity index (χ3v) is 6.82. The Labute approximate surface area is 111 Å². The van der Waals surface area contributed by atoms with E-state index >= 15 is 0 Å². The third-order valence-electron chi connectivity index (χ3n) is 6.01. The van der Waals surface area contributed by atoms with Crippen molar-refractivity contribution < 1.29 is 0 Å². The quantitative estimate of drug-likeness (QED) is 0.589. The lowest BCUT2D eigenvalue weighted by atomic mass is 9.60. The zero-order valence-electron chi connectivity index (χ0n) is 12.3. The van der Waals surface area contributed by atoms with Gasteiger partial charge in [-0.2, -0.15) is 0 Å². The summed E-state index contributed by atoms with van der Waals surface area (Å²) in [7, 11) is 3.13. The maximum atomic E-state index is 3.13. The molecule has 2 aliphatic carbocycles. The van der Waals surface area contributed by atoms with Gasteiger partial charge in [0.1, 0.15) is 0 Å². The van der Waals surface area contributed by atoms with Gasteiger partial charge in [0.05, 0.1) is 0 Å². The van der Waals surface area contributed by atoms with E-state index in [9.17, 15) is 0 Å². The lowest BCUT2D eigenvalue weighted by molar-refractivity contribution is 0.0605. The second kappa shape index (κ2) is 4.84. The highest BCUT2D eigenvalue weighted by atomic mass is 31.0. The first-order valence-corrected chi connectivity index (χ1v) is 8.28. The van der Waals surface area contributed by atoms with E-state index in [0.717, 1.165) is 17.5 Å². The summed E-state index contributed by atoms with van der Waals surface area (Å²) in [6, 6.07) is 0. The van der Waals surface area contributed by atoms with Crippen LogP contribution in [0.15, 0.2) is 0 Å². The maximum Gasteiger partial charge on any atom is -0.0233 e. The minimum atomic E-state index is 0.614. The van der Waals surface area contributed by atoms with Crippen LogP contribution in [0.25, 0.3) is 0 Å². The molecule has 1 heteroatoms. The van der Waals surface area contributed by atoms with Crippen LogP contribution in [-0.2, 0) is 0 Å². The summed E-state index contributed by atoms with van der Waals surface area (Å²) in [4.78, 5) is 0. The van der Waals surface area contributed by atoms with Crippen LogP contribution < -0.4 is 0 Å². The molecule has 0 N–H and O–H groups in total. The van der Waals surface area contributed by atoms with Gasteiger partial charge in [-0.3, -0.25) is 0 Å². The molecule has 17 heavy (non-hydrogen) atoms. The second-order valence-corrected chi connectivity index (χ2v) is 8.68. The van der Waals surface area contributed by atoms with Crippen molar-refractivity contribution in [2.75, 3.05) is 0 Å².